The molecular weight excluding hydrogens is 1150 g/mol. The molecule has 0 spiro atoms. The summed E-state index contributed by atoms with van der Waals surface area (Å²) < 4.78 is 34.3. The molecule has 90 heavy (non-hydrogen) atoms. The second-order valence-electron chi connectivity index (χ2n) is 26.0. The minimum absolute atomic E-state index is 0.225. The summed E-state index contributed by atoms with van der Waals surface area (Å²) >= 11 is 0. The summed E-state index contributed by atoms with van der Waals surface area (Å²) in [5.41, 5.74) is 0. The van der Waals surface area contributed by atoms with Crippen molar-refractivity contribution in [3.8, 4) is 0 Å². The lowest BCUT2D eigenvalue weighted by molar-refractivity contribution is -0.379. The Balaban J connectivity index is 1.37. The van der Waals surface area contributed by atoms with E-state index in [2.05, 4.69) is 43.5 Å². The molecule has 0 radical (unpaired) electrons. The molecule has 3 saturated heterocycles. The highest BCUT2D eigenvalue weighted by molar-refractivity contribution is 5.76. The molecule has 0 aromatic rings. The van der Waals surface area contributed by atoms with E-state index in [1.807, 2.05) is 6.08 Å². The van der Waals surface area contributed by atoms with E-state index < -0.39 is 124 Å². The third-order valence-corrected chi connectivity index (χ3v) is 18.2. The minimum atomic E-state index is -1.98. The van der Waals surface area contributed by atoms with Gasteiger partial charge < -0.3 is 89.9 Å². The molecule has 0 aliphatic carbocycles. The quantitative estimate of drug-likeness (QED) is 0.0199. The monoisotopic (exact) mass is 1290 g/mol. The third-order valence-electron chi connectivity index (χ3n) is 18.2. The molecule has 0 aromatic carbocycles. The number of hydrogen-bond acceptors (Lipinski definition) is 18. The first-order chi connectivity index (χ1) is 43.8. The molecule has 1 amide bonds. The summed E-state index contributed by atoms with van der Waals surface area (Å²) in [6.07, 6.45) is 36.0. The molecule has 3 aliphatic rings. The second kappa shape index (κ2) is 53.2. The van der Waals surface area contributed by atoms with E-state index in [0.717, 1.165) is 57.8 Å². The highest BCUT2D eigenvalue weighted by atomic mass is 16.8. The van der Waals surface area contributed by atoms with Crippen LogP contribution >= 0.6 is 0 Å². The van der Waals surface area contributed by atoms with Crippen LogP contribution in [0, 0.1) is 0 Å². The predicted molar refractivity (Wildman–Crippen MR) is 351 cm³/mol. The fourth-order valence-electron chi connectivity index (χ4n) is 12.3. The average molecular weight is 1290 g/mol. The number of nitrogens with one attached hydrogen (secondary N) is 1. The Morgan fingerprint density at radius 1 is 0.389 bits per heavy atom. The molecule has 17 atom stereocenters. The molecule has 3 aliphatic heterocycles. The van der Waals surface area contributed by atoms with Gasteiger partial charge in [0, 0.05) is 6.42 Å². The van der Waals surface area contributed by atoms with Crippen LogP contribution in [0.2, 0.25) is 0 Å². The van der Waals surface area contributed by atoms with Crippen molar-refractivity contribution in [1.29, 1.82) is 0 Å². The van der Waals surface area contributed by atoms with Gasteiger partial charge in [-0.2, -0.15) is 0 Å². The van der Waals surface area contributed by atoms with E-state index >= 15 is 0 Å². The number of aliphatic hydroxyl groups excluding tert-OH is 11. The summed E-state index contributed by atoms with van der Waals surface area (Å²) in [5, 5.41) is 120. The zero-order chi connectivity index (χ0) is 65.4. The Morgan fingerprint density at radius 3 is 1.13 bits per heavy atom. The molecule has 17 unspecified atom stereocenters. The van der Waals surface area contributed by atoms with E-state index in [9.17, 15) is 61.0 Å². The summed E-state index contributed by atoms with van der Waals surface area (Å²) in [4.78, 5) is 13.3. The van der Waals surface area contributed by atoms with Gasteiger partial charge in [-0.25, -0.2) is 0 Å². The van der Waals surface area contributed by atoms with Gasteiger partial charge in [-0.05, 0) is 57.8 Å². The van der Waals surface area contributed by atoms with Gasteiger partial charge in [0.05, 0.1) is 38.6 Å². The largest absolute Gasteiger partial charge is 0.394 e. The van der Waals surface area contributed by atoms with Crippen molar-refractivity contribution in [3.63, 3.8) is 0 Å². The SMILES string of the molecule is CCCCC/C=C\CCCCCCCC(=O)NC(COC1OC(CO)C(OC2OC(CO)C(OC3OC(CO)C(O)C(O)C3O)C(O)C2O)C(O)C1O)C(O)/C=C/CC/C=C/CCCCCCCCCCCCCCCCCCCCCCCCCCCCC. The van der Waals surface area contributed by atoms with Crippen molar-refractivity contribution in [2.75, 3.05) is 26.4 Å². The van der Waals surface area contributed by atoms with Gasteiger partial charge >= 0.3 is 0 Å². The second-order valence-corrected chi connectivity index (χ2v) is 26.0. The van der Waals surface area contributed by atoms with E-state index in [-0.39, 0.29) is 18.9 Å². The Morgan fingerprint density at radius 2 is 0.711 bits per heavy atom. The zero-order valence-corrected chi connectivity index (χ0v) is 55.9. The molecule has 0 saturated carbocycles. The first kappa shape index (κ1) is 82.2. The highest BCUT2D eigenvalue weighted by Crippen LogP contribution is 2.33. The first-order valence-corrected chi connectivity index (χ1v) is 36.2. The molecule has 528 valence electrons. The van der Waals surface area contributed by atoms with Crippen LogP contribution in [0.5, 0.6) is 0 Å². The van der Waals surface area contributed by atoms with Crippen molar-refractivity contribution in [1.82, 2.24) is 5.32 Å². The van der Waals surface area contributed by atoms with Gasteiger partial charge in [0.1, 0.15) is 73.2 Å². The van der Waals surface area contributed by atoms with Gasteiger partial charge in [-0.1, -0.05) is 249 Å². The van der Waals surface area contributed by atoms with Crippen LogP contribution in [-0.2, 0) is 33.2 Å². The number of aliphatic hydroxyl groups is 11. The lowest BCUT2D eigenvalue weighted by atomic mass is 9.96. The maximum atomic E-state index is 13.3. The van der Waals surface area contributed by atoms with Crippen LogP contribution in [0.15, 0.2) is 36.5 Å². The highest BCUT2D eigenvalue weighted by Gasteiger charge is 2.53. The van der Waals surface area contributed by atoms with Gasteiger partial charge in [-0.3, -0.25) is 4.79 Å². The summed E-state index contributed by atoms with van der Waals surface area (Å²) in [7, 11) is 0. The van der Waals surface area contributed by atoms with Crippen molar-refractivity contribution < 1.29 is 89.4 Å². The van der Waals surface area contributed by atoms with E-state index in [1.165, 1.54) is 186 Å². The molecule has 3 fully saturated rings. The topological polar surface area (TPSA) is 307 Å². The van der Waals surface area contributed by atoms with E-state index in [4.69, 9.17) is 28.4 Å². The number of unbranched alkanes of at least 4 members (excludes halogenated alkanes) is 36. The smallest absolute Gasteiger partial charge is 0.220 e. The van der Waals surface area contributed by atoms with Gasteiger partial charge in [-0.15, -0.1) is 0 Å². The number of hydrogen-bond donors (Lipinski definition) is 12. The van der Waals surface area contributed by atoms with Crippen LogP contribution in [0.1, 0.15) is 277 Å². The number of ether oxygens (including phenoxy) is 6. The predicted octanol–water partition coefficient (Wildman–Crippen LogP) is 10.00. The van der Waals surface area contributed by atoms with Crippen LogP contribution in [0.4, 0.5) is 0 Å². The van der Waals surface area contributed by atoms with Crippen molar-refractivity contribution in [3.05, 3.63) is 36.5 Å². The van der Waals surface area contributed by atoms with Crippen LogP contribution in [0.25, 0.3) is 0 Å². The molecular formula is C71H131NO18. The molecule has 19 heteroatoms. The Hall–Kier alpha value is -1.99. The summed E-state index contributed by atoms with van der Waals surface area (Å²) in [6, 6.07) is -0.993. The zero-order valence-electron chi connectivity index (χ0n) is 55.9. The number of amides is 1. The summed E-state index contributed by atoms with van der Waals surface area (Å²) in [6.45, 7) is 1.69. The molecule has 3 heterocycles. The maximum Gasteiger partial charge on any atom is 0.220 e. The van der Waals surface area contributed by atoms with Crippen molar-refractivity contribution in [2.45, 2.75) is 381 Å². The van der Waals surface area contributed by atoms with Crippen LogP contribution in [-0.4, -0.2) is 193 Å². The van der Waals surface area contributed by atoms with Gasteiger partial charge in [0.25, 0.3) is 0 Å². The van der Waals surface area contributed by atoms with Gasteiger partial charge in [0.15, 0.2) is 18.9 Å². The Bertz CT molecular complexity index is 1780. The van der Waals surface area contributed by atoms with E-state index in [0.29, 0.717) is 12.8 Å². The van der Waals surface area contributed by atoms with Crippen LogP contribution in [0.3, 0.4) is 0 Å². The first-order valence-electron chi connectivity index (χ1n) is 36.2. The average Bonchev–Trinajstić information content (AvgIpc) is 1.55. The number of carbonyl (C=O) groups is 1. The Kier molecular flexibility index (Phi) is 48.6. The maximum absolute atomic E-state index is 13.3. The van der Waals surface area contributed by atoms with Crippen molar-refractivity contribution >= 4 is 5.91 Å². The lowest BCUT2D eigenvalue weighted by Gasteiger charge is -2.48. The Labute approximate surface area is 542 Å². The van der Waals surface area contributed by atoms with Gasteiger partial charge in [0.2, 0.25) is 5.91 Å². The van der Waals surface area contributed by atoms with Crippen molar-refractivity contribution in [2.24, 2.45) is 0 Å². The number of rotatable bonds is 56. The number of carbonyl (C=O) groups excluding carboxylic acids is 1. The fourth-order valence-corrected chi connectivity index (χ4v) is 12.3. The summed E-state index contributed by atoms with van der Waals surface area (Å²) in [5.74, 6) is -0.294. The van der Waals surface area contributed by atoms with Crippen LogP contribution < -0.4 is 5.32 Å². The number of allylic oxidation sites excluding steroid dienone is 5. The normalized spacial score (nSPS) is 28.2. The molecule has 12 N–H and O–H groups in total. The molecule has 0 bridgehead atoms. The third kappa shape index (κ3) is 34.6. The lowest BCUT2D eigenvalue weighted by Crippen LogP contribution is -2.66. The van der Waals surface area contributed by atoms with E-state index in [1.54, 1.807) is 6.08 Å². The molecule has 0 aromatic heterocycles. The minimum Gasteiger partial charge on any atom is -0.394 e. The molecule has 3 rings (SSSR count). The standard InChI is InChI=1S/C71H131NO18/c1-3-5-7-9-11-13-15-17-18-19-20-21-22-23-24-25-26-27-28-29-30-31-32-33-34-35-36-37-38-40-42-44-46-48-55(76)54(72-59(77)49-47-45-43-41-39-16-14-12-10-8-6-4-2)53-85-69-65(83)62(80)67(57(51-74)87-69)90-71-66(84)63(81)68(58(52-75)88-71)89-70-64(82)61(79)60(78)56(50-73)86-70/h12,14,38,40,46,48,54-58,60-71,73-76,78-84H,3-11,13,15-37,39,41-45,47,49-53H2,1-2H3,(H,72,77)/b14-12-,40-38+,48-46+. The molecule has 19 nitrogen and oxygen atoms in total. The fraction of sp³-hybridized carbons (Fsp3) is 0.901.